The molecule has 0 saturated heterocycles. The number of benzene rings is 6. The van der Waals surface area contributed by atoms with Crippen molar-refractivity contribution in [3.8, 4) is 0 Å². The Morgan fingerprint density at radius 2 is 0.619 bits per heavy atom. The van der Waals surface area contributed by atoms with Crippen LogP contribution < -0.4 is 10.4 Å². The van der Waals surface area contributed by atoms with Gasteiger partial charge in [0.15, 0.2) is 0 Å². The average molecular weight is 886 g/mol. The van der Waals surface area contributed by atoms with E-state index in [0.29, 0.717) is 51.2 Å². The topological polar surface area (TPSA) is 38.2 Å². The van der Waals surface area contributed by atoms with Crippen LogP contribution >= 0.6 is 23.2 Å². The van der Waals surface area contributed by atoms with Crippen molar-refractivity contribution in [1.29, 1.82) is 0 Å². The molecule has 0 saturated carbocycles. The molecule has 6 aromatic carbocycles. The number of fused-ring (bicyclic) bond motifs is 4. The maximum absolute atomic E-state index is 7.78. The van der Waals surface area contributed by atoms with Crippen molar-refractivity contribution in [2.45, 2.75) is 26.2 Å². The van der Waals surface area contributed by atoms with Gasteiger partial charge in [-0.2, -0.15) is 0 Å². The van der Waals surface area contributed by atoms with Crippen LogP contribution in [0.25, 0.3) is 43.6 Å². The van der Waals surface area contributed by atoms with E-state index in [1.165, 1.54) is 21.5 Å². The number of rotatable bonds is 18. The molecule has 0 amide bonds. The van der Waals surface area contributed by atoms with E-state index in [1.807, 2.05) is 0 Å². The summed E-state index contributed by atoms with van der Waals surface area (Å²) in [6, 6.07) is 64.0. The Kier molecular flexibility index (Phi) is 11.6. The molecule has 0 aliphatic rings. The molecule has 316 valence electrons. The van der Waals surface area contributed by atoms with Gasteiger partial charge in [0.25, 0.3) is 0 Å². The number of halogens is 2. The predicted octanol–water partition coefficient (Wildman–Crippen LogP) is 11.3. The van der Waals surface area contributed by atoms with Gasteiger partial charge in [-0.15, -0.1) is 23.2 Å². The van der Waals surface area contributed by atoms with Crippen LogP contribution in [0.3, 0.4) is 0 Å². The fourth-order valence-corrected chi connectivity index (χ4v) is 13.3. The molecule has 0 atom stereocenters. The van der Waals surface area contributed by atoms with Crippen molar-refractivity contribution in [1.82, 2.24) is 18.3 Å². The molecule has 6 nitrogen and oxygen atoms in total. The molecule has 0 aliphatic heterocycles. The quantitative estimate of drug-likeness (QED) is 0.0636. The number of hydrogen-bond acceptors (Lipinski definition) is 2. The summed E-state index contributed by atoms with van der Waals surface area (Å²) < 4.78 is 24.9. The van der Waals surface area contributed by atoms with E-state index in [4.69, 9.17) is 32.1 Å². The number of para-hydroxylation sites is 4. The molecule has 0 bridgehead atoms. The van der Waals surface area contributed by atoms with Crippen molar-refractivity contribution >= 4 is 85.7 Å². The Labute approximate surface area is 379 Å². The van der Waals surface area contributed by atoms with E-state index in [-0.39, 0.29) is 0 Å². The minimum Gasteiger partial charge on any atom is -0.387 e. The lowest BCUT2D eigenvalue weighted by Crippen LogP contribution is -2.65. The van der Waals surface area contributed by atoms with Gasteiger partial charge < -0.3 is 27.1 Å². The van der Waals surface area contributed by atoms with Crippen LogP contribution in [0, 0.1) is 10.8 Å². The molecule has 4 aromatic heterocycles. The largest absolute Gasteiger partial charge is 0.407 e. The zero-order chi connectivity index (χ0) is 42.7. The molecule has 9 heteroatoms. The highest BCUT2D eigenvalue weighted by molar-refractivity contribution is 6.92. The van der Waals surface area contributed by atoms with E-state index in [9.17, 15) is 0 Å². The number of nitrogens with zero attached hydrogens (tertiary/aromatic N) is 4. The maximum Gasteiger partial charge on any atom is 0.407 e. The van der Waals surface area contributed by atoms with Crippen molar-refractivity contribution in [2.24, 2.45) is 10.8 Å². The smallest absolute Gasteiger partial charge is 0.387 e. The molecular formula is C54H50Cl2N4O2Si. The fraction of sp³-hybridized carbons (Fsp3) is 0.185. The van der Waals surface area contributed by atoms with Crippen molar-refractivity contribution < 1.29 is 8.85 Å². The maximum atomic E-state index is 7.78. The molecule has 0 spiro atoms. The Morgan fingerprint density at radius 1 is 0.349 bits per heavy atom. The van der Waals surface area contributed by atoms with Crippen LogP contribution in [0.4, 0.5) is 0 Å². The van der Waals surface area contributed by atoms with E-state index >= 15 is 0 Å². The first-order valence-electron chi connectivity index (χ1n) is 21.7. The van der Waals surface area contributed by atoms with Crippen molar-refractivity contribution in [2.75, 3.05) is 25.0 Å². The second-order valence-corrected chi connectivity index (χ2v) is 20.7. The zero-order valence-corrected chi connectivity index (χ0v) is 37.7. The van der Waals surface area contributed by atoms with Gasteiger partial charge in [0.05, 0.1) is 0 Å². The average Bonchev–Trinajstić information content (AvgIpc) is 4.16. The molecule has 4 heterocycles. The summed E-state index contributed by atoms with van der Waals surface area (Å²) in [5.74, 6) is 0.709. The van der Waals surface area contributed by atoms with Gasteiger partial charge >= 0.3 is 8.56 Å². The Morgan fingerprint density at radius 3 is 0.905 bits per heavy atom. The van der Waals surface area contributed by atoms with Gasteiger partial charge in [-0.25, -0.2) is 0 Å². The third kappa shape index (κ3) is 8.16. The minimum atomic E-state index is -3.57. The summed E-state index contributed by atoms with van der Waals surface area (Å²) >= 11 is 14.7. The van der Waals surface area contributed by atoms with Crippen LogP contribution in [-0.2, 0) is 35.0 Å². The third-order valence-electron chi connectivity index (χ3n) is 12.8. The monoisotopic (exact) mass is 884 g/mol. The molecule has 0 N–H and O–H groups in total. The van der Waals surface area contributed by atoms with Crippen LogP contribution in [0.2, 0.25) is 0 Å². The second kappa shape index (κ2) is 17.8. The fourth-order valence-electron chi connectivity index (χ4n) is 9.45. The molecular weight excluding hydrogens is 836 g/mol. The summed E-state index contributed by atoms with van der Waals surface area (Å²) in [5, 5.41) is 6.82. The van der Waals surface area contributed by atoms with Gasteiger partial charge in [-0.3, -0.25) is 0 Å². The Bertz CT molecular complexity index is 2740. The summed E-state index contributed by atoms with van der Waals surface area (Å²) in [7, 11) is -3.57. The summed E-state index contributed by atoms with van der Waals surface area (Å²) in [6.45, 7) is 3.22. The Balaban J connectivity index is 1.09. The van der Waals surface area contributed by atoms with Gasteiger partial charge in [0.2, 0.25) is 0 Å². The highest BCUT2D eigenvalue weighted by Gasteiger charge is 2.48. The van der Waals surface area contributed by atoms with Gasteiger partial charge in [-0.1, -0.05) is 133 Å². The van der Waals surface area contributed by atoms with E-state index < -0.39 is 19.4 Å². The van der Waals surface area contributed by atoms with Gasteiger partial charge in [0, 0.05) is 109 Å². The number of alkyl halides is 2. The molecule has 0 fully saturated rings. The lowest BCUT2D eigenvalue weighted by molar-refractivity contribution is 0.0624. The standard InChI is InChI=1S/C54H50Cl2N4O2Si/c55-35-53(37-57-31-27-43-15-7-11-23-49(43)57,38-58-32-28-44-16-8-12-24-50(44)58)41-61-63(47-19-3-1-4-20-47,48-21-5-2-6-22-48)62-42-54(36-56,39-59-33-29-45-17-9-13-25-51(45)59)40-60-34-30-46-18-10-14-26-52(46)60/h1-34H,35-42H2. The van der Waals surface area contributed by atoms with Gasteiger partial charge in [-0.05, 0) is 80.4 Å². The summed E-state index contributed by atoms with van der Waals surface area (Å²) in [6.07, 6.45) is 8.72. The molecule has 10 rings (SSSR count). The first-order valence-corrected chi connectivity index (χ1v) is 24.5. The van der Waals surface area contributed by atoms with Crippen molar-refractivity contribution in [3.05, 3.63) is 207 Å². The van der Waals surface area contributed by atoms with E-state index in [1.54, 1.807) is 0 Å². The first kappa shape index (κ1) is 41.2. The zero-order valence-electron chi connectivity index (χ0n) is 35.1. The normalized spacial score (nSPS) is 12.6. The Hall–Kier alpha value is -5.80. The van der Waals surface area contributed by atoms with Gasteiger partial charge in [0.1, 0.15) is 0 Å². The number of hydrogen-bond donors (Lipinski definition) is 0. The SMILES string of the molecule is ClCC(CO[Si](OCC(CCl)(Cn1ccc2ccccc21)Cn1ccc2ccccc21)(c1ccccc1)c1ccccc1)(Cn1ccc2ccccc21)Cn1ccc2ccccc21. The first-order chi connectivity index (χ1) is 31.0. The summed E-state index contributed by atoms with van der Waals surface area (Å²) in [5.41, 5.74) is 3.53. The van der Waals surface area contributed by atoms with Crippen molar-refractivity contribution in [3.63, 3.8) is 0 Å². The molecule has 0 unspecified atom stereocenters. The third-order valence-corrected chi connectivity index (χ3v) is 17.2. The second-order valence-electron chi connectivity index (χ2n) is 17.2. The van der Waals surface area contributed by atoms with E-state index in [0.717, 1.165) is 32.4 Å². The molecule has 10 aromatic rings. The minimum absolute atomic E-state index is 0.337. The van der Waals surface area contributed by atoms with Crippen LogP contribution in [0.15, 0.2) is 207 Å². The highest BCUT2D eigenvalue weighted by atomic mass is 35.5. The molecule has 0 radical (unpaired) electrons. The van der Waals surface area contributed by atoms with Crippen LogP contribution in [0.1, 0.15) is 0 Å². The highest BCUT2D eigenvalue weighted by Crippen LogP contribution is 2.35. The lowest BCUT2D eigenvalue weighted by Gasteiger charge is -2.41. The van der Waals surface area contributed by atoms with Crippen LogP contribution in [0.5, 0.6) is 0 Å². The molecule has 0 aliphatic carbocycles. The number of aromatic nitrogens is 4. The van der Waals surface area contributed by atoms with E-state index in [2.05, 4.69) is 225 Å². The lowest BCUT2D eigenvalue weighted by atomic mass is 9.90. The summed E-state index contributed by atoms with van der Waals surface area (Å²) in [4.78, 5) is 0. The predicted molar refractivity (Wildman–Crippen MR) is 264 cm³/mol. The molecule has 63 heavy (non-hydrogen) atoms. The van der Waals surface area contributed by atoms with Crippen LogP contribution in [-0.4, -0.2) is 51.8 Å².